The first kappa shape index (κ1) is 32.2. The molecular formula is C29H33ClF4N7O2S-. The second-order valence-electron chi connectivity index (χ2n) is 11.2. The van der Waals surface area contributed by atoms with Gasteiger partial charge in [0, 0.05) is 42.9 Å². The summed E-state index contributed by atoms with van der Waals surface area (Å²) >= 11 is 10.7. The van der Waals surface area contributed by atoms with Crippen molar-refractivity contribution in [2.45, 2.75) is 44.9 Å². The Morgan fingerprint density at radius 2 is 1.98 bits per heavy atom. The molecule has 2 aliphatic rings. The Morgan fingerprint density at radius 3 is 2.61 bits per heavy atom. The Hall–Kier alpha value is -3.23. The number of piperazine rings is 1. The lowest BCUT2D eigenvalue weighted by Crippen LogP contribution is -2.53. The first-order chi connectivity index (χ1) is 20.8. The SMILES string of the molecule is Cc1cc(N)nc(-c2c(Cl)cc3c(N4CCN(/C([O-])=C/CS)C[C@@H]4C)nc(OC[C@@H]4CCCN4C)nc3c2F)c1C(F)(F)F. The van der Waals surface area contributed by atoms with Crippen molar-refractivity contribution in [3.05, 3.63) is 46.1 Å². The third-order valence-electron chi connectivity index (χ3n) is 8.15. The van der Waals surface area contributed by atoms with Crippen molar-refractivity contribution in [2.24, 2.45) is 0 Å². The molecule has 2 atom stereocenters. The molecule has 0 spiro atoms. The first-order valence-electron chi connectivity index (χ1n) is 14.2. The van der Waals surface area contributed by atoms with Crippen LogP contribution in [0.3, 0.4) is 0 Å². The van der Waals surface area contributed by atoms with Gasteiger partial charge >= 0.3 is 12.2 Å². The largest absolute Gasteiger partial charge is 0.861 e. The van der Waals surface area contributed by atoms with Crippen LogP contribution in [0.4, 0.5) is 29.2 Å². The van der Waals surface area contributed by atoms with Gasteiger partial charge in [-0.3, -0.25) is 0 Å². The average molecular weight is 655 g/mol. The number of hydrogen-bond donors (Lipinski definition) is 2. The van der Waals surface area contributed by atoms with E-state index in [1.807, 2.05) is 18.9 Å². The van der Waals surface area contributed by atoms with E-state index >= 15 is 4.39 Å². The van der Waals surface area contributed by atoms with Crippen LogP contribution in [0, 0.1) is 12.7 Å². The van der Waals surface area contributed by atoms with Gasteiger partial charge < -0.3 is 30.3 Å². The fourth-order valence-corrected chi connectivity index (χ4v) is 6.38. The van der Waals surface area contributed by atoms with Crippen molar-refractivity contribution in [3.8, 4) is 17.3 Å². The number of aryl methyl sites for hydroxylation is 1. The van der Waals surface area contributed by atoms with E-state index in [9.17, 15) is 18.3 Å². The minimum atomic E-state index is -4.86. The van der Waals surface area contributed by atoms with E-state index in [1.165, 1.54) is 19.1 Å². The standard InChI is InChI=1S/C29H34ClF4N7O2S/c1-15-11-20(35)36-26(23(15)29(32,33)34)22-19(30)12-18-25(24(22)31)37-28(43-14-17-5-4-7-39(17)3)38-27(18)41-9-8-40(13-16(41)2)21(42)6-10-44/h6,11-12,16-17,42,44H,4-5,7-10,13-14H2,1-3H3,(H2,35,36)/p-1/b21-6-/t16-,17-/m0/s1. The number of anilines is 2. The molecule has 4 heterocycles. The Balaban J connectivity index is 1.66. The molecule has 5 rings (SSSR count). The van der Waals surface area contributed by atoms with Crippen LogP contribution in [0.2, 0.25) is 5.02 Å². The normalized spacial score (nSPS) is 20.2. The number of ether oxygens (including phenoxy) is 1. The topological polar surface area (TPSA) is 107 Å². The maximum Gasteiger partial charge on any atom is 0.418 e. The highest BCUT2D eigenvalue weighted by atomic mass is 35.5. The number of rotatable bonds is 7. The molecule has 0 aliphatic carbocycles. The van der Waals surface area contributed by atoms with Gasteiger partial charge in [-0.05, 0) is 63.9 Å². The van der Waals surface area contributed by atoms with Crippen LogP contribution in [-0.2, 0) is 6.18 Å². The number of halogens is 5. The van der Waals surface area contributed by atoms with Crippen LogP contribution in [0.15, 0.2) is 24.1 Å². The number of hydrogen-bond acceptors (Lipinski definition) is 10. The quantitative estimate of drug-likeness (QED) is 0.216. The molecule has 1 aromatic carbocycles. The summed E-state index contributed by atoms with van der Waals surface area (Å²) in [4.78, 5) is 18.6. The number of nitrogen functional groups attached to an aromatic ring is 1. The van der Waals surface area contributed by atoms with Crippen molar-refractivity contribution < 1.29 is 27.4 Å². The average Bonchev–Trinajstić information content (AvgIpc) is 3.35. The van der Waals surface area contributed by atoms with E-state index in [1.54, 1.807) is 4.90 Å². The maximum absolute atomic E-state index is 16.6. The van der Waals surface area contributed by atoms with Crippen LogP contribution in [0.1, 0.15) is 30.9 Å². The monoisotopic (exact) mass is 654 g/mol. The predicted octanol–water partition coefficient (Wildman–Crippen LogP) is 4.51. The number of alkyl halides is 3. The van der Waals surface area contributed by atoms with Gasteiger partial charge in [-0.15, -0.1) is 0 Å². The zero-order valence-electron chi connectivity index (χ0n) is 24.5. The zero-order chi connectivity index (χ0) is 31.9. The molecule has 2 aromatic heterocycles. The van der Waals surface area contributed by atoms with E-state index < -0.39 is 28.8 Å². The number of likely N-dealkylation sites (N-methyl/N-ethyl adjacent to an activating group) is 1. The van der Waals surface area contributed by atoms with Crippen LogP contribution in [0.25, 0.3) is 22.2 Å². The molecule has 2 saturated heterocycles. The molecule has 0 unspecified atom stereocenters. The molecule has 2 N–H and O–H groups in total. The number of benzene rings is 1. The minimum Gasteiger partial charge on any atom is -0.861 e. The maximum atomic E-state index is 16.6. The minimum absolute atomic E-state index is 0.105. The number of likely N-dealkylation sites (tertiary alicyclic amines) is 1. The molecule has 0 amide bonds. The Morgan fingerprint density at radius 1 is 1.23 bits per heavy atom. The number of nitrogens with two attached hydrogens (primary N) is 1. The van der Waals surface area contributed by atoms with Crippen LogP contribution in [0.5, 0.6) is 6.01 Å². The Labute approximate surface area is 263 Å². The third-order valence-corrected chi connectivity index (χ3v) is 8.63. The first-order valence-corrected chi connectivity index (χ1v) is 15.2. The van der Waals surface area contributed by atoms with E-state index in [-0.39, 0.29) is 57.9 Å². The third kappa shape index (κ3) is 6.29. The molecule has 3 aromatic rings. The summed E-state index contributed by atoms with van der Waals surface area (Å²) in [5.74, 6) is -0.869. The van der Waals surface area contributed by atoms with Gasteiger partial charge in [0.2, 0.25) is 0 Å². The molecule has 2 aliphatic heterocycles. The summed E-state index contributed by atoms with van der Waals surface area (Å²) in [6.45, 7) is 5.33. The van der Waals surface area contributed by atoms with Gasteiger partial charge in [0.1, 0.15) is 23.8 Å². The summed E-state index contributed by atoms with van der Waals surface area (Å²) in [5, 5.41) is 12.4. The highest BCUT2D eigenvalue weighted by Crippen LogP contribution is 2.44. The summed E-state index contributed by atoms with van der Waals surface area (Å²) in [7, 11) is 1.98. The molecule has 238 valence electrons. The van der Waals surface area contributed by atoms with Crippen LogP contribution in [-0.4, -0.2) is 82.4 Å². The highest BCUT2D eigenvalue weighted by molar-refractivity contribution is 7.80. The number of aromatic nitrogens is 3. The summed E-state index contributed by atoms with van der Waals surface area (Å²) in [6, 6.07) is 2.14. The molecule has 2 fully saturated rings. The fourth-order valence-electron chi connectivity index (χ4n) is 5.94. The molecule has 0 bridgehead atoms. The van der Waals surface area contributed by atoms with E-state index in [2.05, 4.69) is 32.5 Å². The van der Waals surface area contributed by atoms with Gasteiger partial charge in [-0.2, -0.15) is 35.8 Å². The smallest absolute Gasteiger partial charge is 0.418 e. The fraction of sp³-hybridized carbons (Fsp3) is 0.483. The van der Waals surface area contributed by atoms with Gasteiger partial charge in [0.05, 0.1) is 21.8 Å². The lowest BCUT2D eigenvalue weighted by molar-refractivity contribution is -0.333. The predicted molar refractivity (Wildman–Crippen MR) is 163 cm³/mol. The van der Waals surface area contributed by atoms with Crippen molar-refractivity contribution in [1.82, 2.24) is 24.8 Å². The van der Waals surface area contributed by atoms with E-state index in [0.717, 1.165) is 25.5 Å². The highest BCUT2D eigenvalue weighted by Gasteiger charge is 2.39. The molecule has 0 radical (unpaired) electrons. The van der Waals surface area contributed by atoms with Crippen molar-refractivity contribution in [2.75, 3.05) is 56.2 Å². The number of thiol groups is 1. The number of nitrogens with zero attached hydrogens (tertiary/aromatic N) is 6. The lowest BCUT2D eigenvalue weighted by atomic mass is 9.99. The molecule has 0 saturated carbocycles. The summed E-state index contributed by atoms with van der Waals surface area (Å²) < 4.78 is 65.1. The van der Waals surface area contributed by atoms with Crippen molar-refractivity contribution >= 4 is 46.8 Å². The second-order valence-corrected chi connectivity index (χ2v) is 11.9. The Bertz CT molecular complexity index is 1590. The number of pyridine rings is 1. The molecule has 15 heteroatoms. The van der Waals surface area contributed by atoms with Gasteiger partial charge in [-0.1, -0.05) is 17.7 Å². The van der Waals surface area contributed by atoms with E-state index in [0.29, 0.717) is 31.2 Å². The van der Waals surface area contributed by atoms with Crippen molar-refractivity contribution in [3.63, 3.8) is 0 Å². The second kappa shape index (κ2) is 12.6. The molecule has 9 nitrogen and oxygen atoms in total. The lowest BCUT2D eigenvalue weighted by Gasteiger charge is -2.44. The molecular weight excluding hydrogens is 622 g/mol. The van der Waals surface area contributed by atoms with Gasteiger partial charge in [0.25, 0.3) is 0 Å². The molecule has 44 heavy (non-hydrogen) atoms. The number of fused-ring (bicyclic) bond motifs is 1. The van der Waals surface area contributed by atoms with Crippen molar-refractivity contribution in [1.29, 1.82) is 0 Å². The van der Waals surface area contributed by atoms with Crippen LogP contribution >= 0.6 is 24.2 Å². The van der Waals surface area contributed by atoms with Gasteiger partial charge in [-0.25, -0.2) is 9.37 Å². The zero-order valence-corrected chi connectivity index (χ0v) is 26.1. The van der Waals surface area contributed by atoms with Gasteiger partial charge in [0.15, 0.2) is 5.82 Å². The Kier molecular flexibility index (Phi) is 9.24. The van der Waals surface area contributed by atoms with E-state index in [4.69, 9.17) is 22.1 Å². The summed E-state index contributed by atoms with van der Waals surface area (Å²) in [5.41, 5.74) is 2.88. The van der Waals surface area contributed by atoms with Crippen LogP contribution < -0.4 is 20.5 Å². The summed E-state index contributed by atoms with van der Waals surface area (Å²) in [6.07, 6.45) is -1.47.